The topological polar surface area (TPSA) is 86.0 Å². The molecule has 0 saturated carbocycles. The molecule has 2 rings (SSSR count). The first kappa shape index (κ1) is 12.3. The van der Waals surface area contributed by atoms with Crippen LogP contribution in [0.15, 0.2) is 17.4 Å². The highest BCUT2D eigenvalue weighted by molar-refractivity contribution is 7.90. The molecule has 0 unspecified atom stereocenters. The van der Waals surface area contributed by atoms with Gasteiger partial charge in [-0.2, -0.15) is 0 Å². The molecule has 7 heteroatoms. The van der Waals surface area contributed by atoms with E-state index in [2.05, 4.69) is 20.6 Å². The first-order chi connectivity index (χ1) is 8.05. The van der Waals surface area contributed by atoms with Crippen molar-refractivity contribution < 1.29 is 8.42 Å². The summed E-state index contributed by atoms with van der Waals surface area (Å²) in [7, 11) is -3.35. The summed E-state index contributed by atoms with van der Waals surface area (Å²) in [5.41, 5.74) is 0. The van der Waals surface area contributed by atoms with Crippen molar-refractivity contribution in [1.82, 2.24) is 9.97 Å². The molecule has 0 amide bonds. The van der Waals surface area contributed by atoms with Gasteiger partial charge in [0.2, 0.25) is 15.0 Å². The van der Waals surface area contributed by atoms with Crippen LogP contribution in [0.1, 0.15) is 12.8 Å². The maximum Gasteiger partial charge on any atom is 0.248 e. The number of piperidine rings is 1. The Balaban J connectivity index is 2.11. The van der Waals surface area contributed by atoms with Gasteiger partial charge in [-0.25, -0.2) is 18.4 Å². The van der Waals surface area contributed by atoms with Crippen molar-refractivity contribution in [2.24, 2.45) is 0 Å². The third kappa shape index (κ3) is 3.37. The van der Waals surface area contributed by atoms with Gasteiger partial charge in [-0.1, -0.05) is 12.8 Å². The van der Waals surface area contributed by atoms with Crippen molar-refractivity contribution >= 4 is 15.7 Å². The van der Waals surface area contributed by atoms with Crippen molar-refractivity contribution in [3.05, 3.63) is 17.6 Å². The normalized spacial score (nSPS) is 17.9. The van der Waals surface area contributed by atoms with E-state index in [0.29, 0.717) is 11.9 Å². The zero-order valence-electron chi connectivity index (χ0n) is 9.63. The summed E-state index contributed by atoms with van der Waals surface area (Å²) in [5.74, 6) is 0.562. The standard InChI is InChI=1S/C10H15N4O2S/c1-17(15,16)10-12-7-4-9(14-10)13-8-2-5-11-6-3-8/h4,7-8H,2-3,5-6H2,1H3,(H,12,13,14)/q-1. The van der Waals surface area contributed by atoms with Crippen LogP contribution in [-0.4, -0.2) is 43.8 Å². The van der Waals surface area contributed by atoms with E-state index in [1.54, 1.807) is 6.07 Å². The maximum absolute atomic E-state index is 11.3. The second kappa shape index (κ2) is 4.97. The fourth-order valence-corrected chi connectivity index (χ4v) is 2.22. The van der Waals surface area contributed by atoms with E-state index < -0.39 is 9.84 Å². The summed E-state index contributed by atoms with van der Waals surface area (Å²) in [5, 5.41) is 7.34. The smallest absolute Gasteiger partial charge is 0.248 e. The largest absolute Gasteiger partial charge is 0.662 e. The number of sulfone groups is 1. The summed E-state index contributed by atoms with van der Waals surface area (Å²) in [6.45, 7) is 1.70. The Kier molecular flexibility index (Phi) is 3.58. The van der Waals surface area contributed by atoms with Gasteiger partial charge in [-0.05, 0) is 6.07 Å². The summed E-state index contributed by atoms with van der Waals surface area (Å²) >= 11 is 0. The average molecular weight is 255 g/mol. The molecule has 0 bridgehead atoms. The molecule has 0 spiro atoms. The van der Waals surface area contributed by atoms with E-state index in [1.165, 1.54) is 6.20 Å². The van der Waals surface area contributed by atoms with Crippen LogP contribution in [0.5, 0.6) is 0 Å². The minimum absolute atomic E-state index is 0.136. The minimum atomic E-state index is -3.35. The Bertz CT molecular complexity index is 483. The quantitative estimate of drug-likeness (QED) is 0.808. The molecule has 6 nitrogen and oxygen atoms in total. The fraction of sp³-hybridized carbons (Fsp3) is 0.600. The molecule has 0 aromatic carbocycles. The van der Waals surface area contributed by atoms with Gasteiger partial charge in [0, 0.05) is 18.5 Å². The predicted octanol–water partition coefficient (Wildman–Crippen LogP) is 0.828. The van der Waals surface area contributed by atoms with E-state index in [4.69, 9.17) is 0 Å². The van der Waals surface area contributed by atoms with Crippen molar-refractivity contribution in [3.8, 4) is 0 Å². The second-order valence-electron chi connectivity index (χ2n) is 4.09. The number of anilines is 1. The molecular formula is C10H15N4O2S-. The Morgan fingerprint density at radius 1 is 1.41 bits per heavy atom. The highest BCUT2D eigenvalue weighted by Gasteiger charge is 2.13. The zero-order chi connectivity index (χ0) is 12.3. The molecule has 1 fully saturated rings. The van der Waals surface area contributed by atoms with Crippen LogP contribution in [0.2, 0.25) is 0 Å². The number of nitrogens with one attached hydrogen (secondary N) is 1. The third-order valence-corrected chi connectivity index (χ3v) is 3.45. The molecule has 0 atom stereocenters. The Morgan fingerprint density at radius 3 is 2.76 bits per heavy atom. The lowest BCUT2D eigenvalue weighted by atomic mass is 10.1. The summed E-state index contributed by atoms with van der Waals surface area (Å²) in [6.07, 6.45) is 4.47. The average Bonchev–Trinajstić information content (AvgIpc) is 2.29. The fourth-order valence-electron chi connectivity index (χ4n) is 1.70. The maximum atomic E-state index is 11.3. The monoisotopic (exact) mass is 255 g/mol. The molecule has 1 aliphatic rings. The highest BCUT2D eigenvalue weighted by atomic mass is 32.2. The molecule has 1 saturated heterocycles. The van der Waals surface area contributed by atoms with Gasteiger partial charge in [-0.3, -0.25) is 0 Å². The molecule has 1 aromatic rings. The van der Waals surface area contributed by atoms with Crippen LogP contribution < -0.4 is 5.32 Å². The van der Waals surface area contributed by atoms with Gasteiger partial charge in [0.05, 0.1) is 0 Å². The molecule has 1 aliphatic heterocycles. The molecule has 1 N–H and O–H groups in total. The first-order valence-corrected chi connectivity index (χ1v) is 7.38. The van der Waals surface area contributed by atoms with Gasteiger partial charge < -0.3 is 10.6 Å². The van der Waals surface area contributed by atoms with Crippen molar-refractivity contribution in [2.75, 3.05) is 24.7 Å². The zero-order valence-corrected chi connectivity index (χ0v) is 10.4. The Morgan fingerprint density at radius 2 is 2.12 bits per heavy atom. The summed E-state index contributed by atoms with van der Waals surface area (Å²) < 4.78 is 22.6. The van der Waals surface area contributed by atoms with E-state index in [-0.39, 0.29) is 5.16 Å². The van der Waals surface area contributed by atoms with E-state index in [0.717, 1.165) is 32.2 Å². The van der Waals surface area contributed by atoms with Crippen molar-refractivity contribution in [2.45, 2.75) is 24.0 Å². The second-order valence-corrected chi connectivity index (χ2v) is 6.00. The summed E-state index contributed by atoms with van der Waals surface area (Å²) in [6, 6.07) is 2.00. The molecule has 1 aromatic heterocycles. The predicted molar refractivity (Wildman–Crippen MR) is 64.9 cm³/mol. The number of hydrogen-bond acceptors (Lipinski definition) is 5. The van der Waals surface area contributed by atoms with Crippen LogP contribution in [0, 0.1) is 0 Å². The Labute approximate surface area is 101 Å². The molecular weight excluding hydrogens is 240 g/mol. The van der Waals surface area contributed by atoms with Gasteiger partial charge in [0.15, 0.2) is 0 Å². The lowest BCUT2D eigenvalue weighted by Gasteiger charge is -2.32. The lowest BCUT2D eigenvalue weighted by molar-refractivity contribution is 0.586. The molecule has 17 heavy (non-hydrogen) atoms. The number of aromatic nitrogens is 2. The van der Waals surface area contributed by atoms with Crippen molar-refractivity contribution in [1.29, 1.82) is 0 Å². The minimum Gasteiger partial charge on any atom is -0.662 e. The lowest BCUT2D eigenvalue weighted by Crippen LogP contribution is -2.26. The van der Waals surface area contributed by atoms with Crippen LogP contribution in [0.3, 0.4) is 0 Å². The Hall–Kier alpha value is -1.21. The first-order valence-electron chi connectivity index (χ1n) is 5.48. The van der Waals surface area contributed by atoms with Crippen LogP contribution in [-0.2, 0) is 9.84 Å². The van der Waals surface area contributed by atoms with Gasteiger partial charge in [0.25, 0.3) is 0 Å². The van der Waals surface area contributed by atoms with E-state index in [1.807, 2.05) is 0 Å². The van der Waals surface area contributed by atoms with Crippen LogP contribution in [0.4, 0.5) is 5.82 Å². The van der Waals surface area contributed by atoms with Crippen LogP contribution >= 0.6 is 0 Å². The molecule has 0 aliphatic carbocycles. The highest BCUT2D eigenvalue weighted by Crippen LogP contribution is 2.15. The van der Waals surface area contributed by atoms with Gasteiger partial charge in [-0.15, -0.1) is 13.1 Å². The van der Waals surface area contributed by atoms with E-state index in [9.17, 15) is 8.42 Å². The molecule has 94 valence electrons. The van der Waals surface area contributed by atoms with E-state index >= 15 is 0 Å². The molecule has 0 radical (unpaired) electrons. The number of hydrogen-bond donors (Lipinski definition) is 1. The van der Waals surface area contributed by atoms with Gasteiger partial charge >= 0.3 is 0 Å². The molecule has 2 heterocycles. The van der Waals surface area contributed by atoms with Crippen molar-refractivity contribution in [3.63, 3.8) is 0 Å². The van der Waals surface area contributed by atoms with Crippen LogP contribution in [0.25, 0.3) is 5.32 Å². The third-order valence-electron chi connectivity index (χ3n) is 2.59. The number of nitrogens with zero attached hydrogens (tertiary/aromatic N) is 3. The van der Waals surface area contributed by atoms with Gasteiger partial charge in [0.1, 0.15) is 5.82 Å². The number of rotatable bonds is 3. The summed E-state index contributed by atoms with van der Waals surface area (Å²) in [4.78, 5) is 7.74. The SMILES string of the molecule is CS(=O)(=O)c1nccc(NC2CC[N-]CC2)n1.